The number of amides is 2. The third-order valence-electron chi connectivity index (χ3n) is 5.22. The van der Waals surface area contributed by atoms with Crippen molar-refractivity contribution in [2.75, 3.05) is 18.1 Å². The van der Waals surface area contributed by atoms with E-state index in [1.165, 1.54) is 13.2 Å². The van der Waals surface area contributed by atoms with Crippen LogP contribution in [0, 0.1) is 12.8 Å². The average Bonchev–Trinajstić information content (AvgIpc) is 2.75. The van der Waals surface area contributed by atoms with Crippen LogP contribution in [-0.2, 0) is 14.4 Å². The molecule has 0 saturated carbocycles. The van der Waals surface area contributed by atoms with Gasteiger partial charge in [-0.1, -0.05) is 30.3 Å². The van der Waals surface area contributed by atoms with E-state index in [1.54, 1.807) is 13.0 Å². The zero-order chi connectivity index (χ0) is 21.0. The van der Waals surface area contributed by atoms with Crippen LogP contribution in [-0.4, -0.2) is 35.7 Å². The van der Waals surface area contributed by atoms with Gasteiger partial charge in [0, 0.05) is 13.1 Å². The van der Waals surface area contributed by atoms with Crippen molar-refractivity contribution in [1.82, 2.24) is 15.6 Å². The minimum Gasteiger partial charge on any atom is -0.383 e. The molecule has 0 aliphatic carbocycles. The zero-order valence-corrected chi connectivity index (χ0v) is 16.4. The number of nitrogens with two attached hydrogens (primary N) is 1. The van der Waals surface area contributed by atoms with E-state index in [1.807, 2.05) is 30.3 Å². The number of benzene rings is 1. The van der Waals surface area contributed by atoms with Gasteiger partial charge in [0.05, 0.1) is 23.8 Å². The Morgan fingerprint density at radius 1 is 1.17 bits per heavy atom. The van der Waals surface area contributed by atoms with Gasteiger partial charge in [-0.2, -0.15) is 0 Å². The van der Waals surface area contributed by atoms with Crippen LogP contribution in [0.5, 0.6) is 0 Å². The van der Waals surface area contributed by atoms with E-state index >= 15 is 0 Å². The van der Waals surface area contributed by atoms with Crippen molar-refractivity contribution in [3.63, 3.8) is 0 Å². The SMILES string of the molecule is CNC(=O)C1CCC(c2ccccc2)NC1C(=O)C(=O)Nc1cnc(N)c(C)c1. The van der Waals surface area contributed by atoms with Crippen LogP contribution in [0.25, 0.3) is 0 Å². The molecule has 2 heterocycles. The average molecular weight is 395 g/mol. The third-order valence-corrected chi connectivity index (χ3v) is 5.22. The predicted molar refractivity (Wildman–Crippen MR) is 110 cm³/mol. The molecule has 0 spiro atoms. The maximum Gasteiger partial charge on any atom is 0.293 e. The van der Waals surface area contributed by atoms with E-state index in [9.17, 15) is 14.4 Å². The number of nitrogens with one attached hydrogen (secondary N) is 3. The Morgan fingerprint density at radius 3 is 2.55 bits per heavy atom. The lowest BCUT2D eigenvalue weighted by Gasteiger charge is -2.35. The van der Waals surface area contributed by atoms with Gasteiger partial charge in [-0.05, 0) is 37.0 Å². The molecule has 1 aromatic carbocycles. The predicted octanol–water partition coefficient (Wildman–Crippen LogP) is 1.34. The summed E-state index contributed by atoms with van der Waals surface area (Å²) in [6.07, 6.45) is 2.58. The van der Waals surface area contributed by atoms with Crippen LogP contribution in [0.3, 0.4) is 0 Å². The number of hydrogen-bond acceptors (Lipinski definition) is 6. The van der Waals surface area contributed by atoms with Gasteiger partial charge in [-0.15, -0.1) is 0 Å². The fourth-order valence-electron chi connectivity index (χ4n) is 3.59. The van der Waals surface area contributed by atoms with Crippen LogP contribution < -0.4 is 21.7 Å². The fourth-order valence-corrected chi connectivity index (χ4v) is 3.59. The summed E-state index contributed by atoms with van der Waals surface area (Å²) in [7, 11) is 1.52. The second-order valence-corrected chi connectivity index (χ2v) is 7.15. The van der Waals surface area contributed by atoms with Crippen molar-refractivity contribution < 1.29 is 14.4 Å². The molecule has 29 heavy (non-hydrogen) atoms. The van der Waals surface area contributed by atoms with Gasteiger partial charge in [0.2, 0.25) is 11.7 Å². The van der Waals surface area contributed by atoms with Gasteiger partial charge >= 0.3 is 0 Å². The summed E-state index contributed by atoms with van der Waals surface area (Å²) in [6, 6.07) is 10.3. The molecule has 3 rings (SSSR count). The molecule has 8 heteroatoms. The van der Waals surface area contributed by atoms with Crippen molar-refractivity contribution in [3.8, 4) is 0 Å². The first-order valence-corrected chi connectivity index (χ1v) is 9.50. The van der Waals surface area contributed by atoms with Crippen LogP contribution in [0.2, 0.25) is 0 Å². The minimum atomic E-state index is -0.920. The van der Waals surface area contributed by atoms with E-state index in [0.29, 0.717) is 29.9 Å². The number of aromatic nitrogens is 1. The Morgan fingerprint density at radius 2 is 1.90 bits per heavy atom. The highest BCUT2D eigenvalue weighted by atomic mass is 16.2. The van der Waals surface area contributed by atoms with Gasteiger partial charge in [-0.3, -0.25) is 19.7 Å². The van der Waals surface area contributed by atoms with E-state index in [-0.39, 0.29) is 11.9 Å². The lowest BCUT2D eigenvalue weighted by molar-refractivity contribution is -0.140. The summed E-state index contributed by atoms with van der Waals surface area (Å²) in [5, 5.41) is 8.37. The highest BCUT2D eigenvalue weighted by Gasteiger charge is 2.41. The van der Waals surface area contributed by atoms with Crippen molar-refractivity contribution >= 4 is 29.1 Å². The number of anilines is 2. The Hall–Kier alpha value is -3.26. The highest BCUT2D eigenvalue weighted by Crippen LogP contribution is 2.30. The largest absolute Gasteiger partial charge is 0.383 e. The molecule has 8 nitrogen and oxygen atoms in total. The number of piperidine rings is 1. The number of carbonyl (C=O) groups is 3. The van der Waals surface area contributed by atoms with Gasteiger partial charge in [0.1, 0.15) is 5.82 Å². The quantitative estimate of drug-likeness (QED) is 0.566. The number of nitrogen functional groups attached to an aromatic ring is 1. The molecule has 3 unspecified atom stereocenters. The second-order valence-electron chi connectivity index (χ2n) is 7.15. The van der Waals surface area contributed by atoms with Gasteiger partial charge in [-0.25, -0.2) is 4.98 Å². The number of aryl methyl sites for hydroxylation is 1. The van der Waals surface area contributed by atoms with Crippen LogP contribution >= 0.6 is 0 Å². The standard InChI is InChI=1S/C21H25N5O3/c1-12-10-14(11-24-19(12)22)25-21(29)18(27)17-15(20(28)23-2)8-9-16(26-17)13-6-4-3-5-7-13/h3-7,10-11,15-17,26H,8-9H2,1-2H3,(H2,22,24)(H,23,28)(H,25,29). The van der Waals surface area contributed by atoms with E-state index in [4.69, 9.17) is 5.73 Å². The van der Waals surface area contributed by atoms with E-state index < -0.39 is 23.7 Å². The molecule has 1 aromatic heterocycles. The molecule has 5 N–H and O–H groups in total. The molecule has 1 aliphatic heterocycles. The molecule has 1 saturated heterocycles. The molecule has 1 aliphatic rings. The normalized spacial score (nSPS) is 21.2. The maximum atomic E-state index is 13.0. The monoisotopic (exact) mass is 395 g/mol. The Bertz CT molecular complexity index is 916. The Balaban J connectivity index is 1.79. The van der Waals surface area contributed by atoms with Gasteiger partial charge in [0.15, 0.2) is 0 Å². The van der Waals surface area contributed by atoms with Crippen molar-refractivity contribution in [2.24, 2.45) is 5.92 Å². The van der Waals surface area contributed by atoms with E-state index in [2.05, 4.69) is 20.9 Å². The van der Waals surface area contributed by atoms with Crippen molar-refractivity contribution in [3.05, 3.63) is 53.7 Å². The Kier molecular flexibility index (Phi) is 6.23. The summed E-state index contributed by atoms with van der Waals surface area (Å²) < 4.78 is 0. The summed E-state index contributed by atoms with van der Waals surface area (Å²) in [4.78, 5) is 41.9. The zero-order valence-electron chi connectivity index (χ0n) is 16.4. The summed E-state index contributed by atoms with van der Waals surface area (Å²) in [5.41, 5.74) is 7.77. The number of ketones is 1. The molecule has 152 valence electrons. The molecule has 1 fully saturated rings. The van der Waals surface area contributed by atoms with Crippen LogP contribution in [0.1, 0.15) is 30.0 Å². The van der Waals surface area contributed by atoms with Gasteiger partial charge < -0.3 is 16.4 Å². The molecule has 0 radical (unpaired) electrons. The maximum absolute atomic E-state index is 13.0. The lowest BCUT2D eigenvalue weighted by atomic mass is 9.82. The first-order valence-electron chi connectivity index (χ1n) is 9.50. The van der Waals surface area contributed by atoms with Crippen LogP contribution in [0.15, 0.2) is 42.6 Å². The van der Waals surface area contributed by atoms with Crippen LogP contribution in [0.4, 0.5) is 11.5 Å². The molecular weight excluding hydrogens is 370 g/mol. The minimum absolute atomic E-state index is 0.112. The second kappa shape index (κ2) is 8.83. The Labute approximate surface area is 169 Å². The first kappa shape index (κ1) is 20.5. The molecule has 2 aromatic rings. The molecule has 2 amide bonds. The summed E-state index contributed by atoms with van der Waals surface area (Å²) >= 11 is 0. The highest BCUT2D eigenvalue weighted by molar-refractivity contribution is 6.42. The molecule has 0 bridgehead atoms. The van der Waals surface area contributed by atoms with Gasteiger partial charge in [0.25, 0.3) is 5.91 Å². The molecule has 3 atom stereocenters. The van der Waals surface area contributed by atoms with Crippen molar-refractivity contribution in [2.45, 2.75) is 31.8 Å². The summed E-state index contributed by atoms with van der Waals surface area (Å²) in [5.74, 6) is -2.01. The number of Topliss-reactive ketones (excluding diaryl/α,β-unsaturated/α-hetero) is 1. The number of rotatable bonds is 5. The number of hydrogen-bond donors (Lipinski definition) is 4. The lowest BCUT2D eigenvalue weighted by Crippen LogP contribution is -2.55. The van der Waals surface area contributed by atoms with Crippen molar-refractivity contribution in [1.29, 1.82) is 0 Å². The number of carbonyl (C=O) groups excluding carboxylic acids is 3. The smallest absolute Gasteiger partial charge is 0.293 e. The number of pyridine rings is 1. The first-order chi connectivity index (χ1) is 13.9. The topological polar surface area (TPSA) is 126 Å². The third kappa shape index (κ3) is 4.60. The molecular formula is C21H25N5O3. The fraction of sp³-hybridized carbons (Fsp3) is 0.333. The van der Waals surface area contributed by atoms with E-state index in [0.717, 1.165) is 5.56 Å². The number of nitrogens with zero attached hydrogens (tertiary/aromatic N) is 1. The summed E-state index contributed by atoms with van der Waals surface area (Å²) in [6.45, 7) is 1.76.